The van der Waals surface area contributed by atoms with E-state index in [2.05, 4.69) is 100 Å². The third kappa shape index (κ3) is 6.19. The molecule has 35 heavy (non-hydrogen) atoms. The van der Waals surface area contributed by atoms with Crippen molar-refractivity contribution in [3.8, 4) is 0 Å². The maximum absolute atomic E-state index is 6.24. The summed E-state index contributed by atoms with van der Waals surface area (Å²) in [7, 11) is 1.94. The summed E-state index contributed by atoms with van der Waals surface area (Å²) < 4.78 is 9.12. The van der Waals surface area contributed by atoms with Gasteiger partial charge in [-0.2, -0.15) is 0 Å². The van der Waals surface area contributed by atoms with Crippen LogP contribution in [0, 0.1) is 13.8 Å². The summed E-state index contributed by atoms with van der Waals surface area (Å²) in [6, 6.07) is 0. The van der Waals surface area contributed by atoms with E-state index >= 15 is 0 Å². The second-order valence-corrected chi connectivity index (χ2v) is 13.1. The topological polar surface area (TPSA) is 44.5 Å². The lowest BCUT2D eigenvalue weighted by Gasteiger charge is -2.20. The summed E-state index contributed by atoms with van der Waals surface area (Å²) in [5, 5.41) is 0.533. The molecule has 0 fully saturated rings. The summed E-state index contributed by atoms with van der Waals surface area (Å²) in [4.78, 5) is 9.39. The predicted octanol–water partition coefficient (Wildman–Crippen LogP) is 6.03. The lowest BCUT2D eigenvalue weighted by molar-refractivity contribution is -0.709. The van der Waals surface area contributed by atoms with Crippen molar-refractivity contribution in [1.29, 1.82) is 0 Å². The van der Waals surface area contributed by atoms with Gasteiger partial charge < -0.3 is 9.13 Å². The van der Waals surface area contributed by atoms with E-state index in [4.69, 9.17) is 16.6 Å². The van der Waals surface area contributed by atoms with Crippen molar-refractivity contribution in [2.45, 2.75) is 118 Å². The zero-order chi connectivity index (χ0) is 26.3. The number of hydrogen-bond donors (Lipinski definition) is 0. The van der Waals surface area contributed by atoms with Crippen LogP contribution in [0.15, 0.2) is 18.6 Å². The Morgan fingerprint density at radius 2 is 1.49 bits per heavy atom. The van der Waals surface area contributed by atoms with Gasteiger partial charge in [0.1, 0.15) is 24.3 Å². The van der Waals surface area contributed by atoms with E-state index < -0.39 is 0 Å². The second kappa shape index (κ2) is 9.76. The number of aryl methyl sites for hydroxylation is 3. The average Bonchev–Trinajstić information content (AvgIpc) is 3.36. The van der Waals surface area contributed by atoms with Gasteiger partial charge in [0.15, 0.2) is 0 Å². The van der Waals surface area contributed by atoms with Gasteiger partial charge in [0.25, 0.3) is 5.82 Å². The van der Waals surface area contributed by atoms with E-state index in [0.717, 1.165) is 44.0 Å². The molecule has 0 amide bonds. The molecule has 0 aromatic carbocycles. The zero-order valence-electron chi connectivity index (χ0n) is 23.8. The molecule has 3 aromatic rings. The highest BCUT2D eigenvalue weighted by Gasteiger charge is 2.33. The minimum absolute atomic E-state index is 0.0665. The number of hydrogen-bond acceptors (Lipinski definition) is 2. The maximum atomic E-state index is 6.24. The molecule has 0 aliphatic carbocycles. The molecule has 6 nitrogen and oxygen atoms in total. The lowest BCUT2D eigenvalue weighted by Crippen LogP contribution is -2.44. The Balaban J connectivity index is 1.75. The molecule has 3 rings (SSSR count). The predicted molar refractivity (Wildman–Crippen MR) is 144 cm³/mol. The first kappa shape index (κ1) is 27.5. The molecule has 0 spiro atoms. The smallest absolute Gasteiger partial charge is 0.253 e. The fraction of sp³-hybridized carbons (Fsp3) is 0.679. The van der Waals surface area contributed by atoms with Crippen molar-refractivity contribution in [1.82, 2.24) is 23.7 Å². The Bertz CT molecular complexity index is 1140. The van der Waals surface area contributed by atoms with Crippen LogP contribution in [0.3, 0.4) is 0 Å². The highest BCUT2D eigenvalue weighted by Crippen LogP contribution is 2.27. The summed E-state index contributed by atoms with van der Waals surface area (Å²) in [6.45, 7) is 25.3. The minimum Gasteiger partial charge on any atom is -0.335 e. The van der Waals surface area contributed by atoms with Gasteiger partial charge >= 0.3 is 0 Å². The van der Waals surface area contributed by atoms with E-state index in [0.29, 0.717) is 5.28 Å². The van der Waals surface area contributed by atoms with Gasteiger partial charge in [-0.3, -0.25) is 0 Å². The molecular formula is C28H46ClN6+. The second-order valence-electron chi connectivity index (χ2n) is 12.8. The molecule has 3 heterocycles. The van der Waals surface area contributed by atoms with Crippen molar-refractivity contribution in [3.05, 3.63) is 52.6 Å². The number of rotatable bonds is 8. The van der Waals surface area contributed by atoms with Crippen LogP contribution in [0.5, 0.6) is 0 Å². The molecule has 3 aromatic heterocycles. The molecule has 194 valence electrons. The van der Waals surface area contributed by atoms with Crippen molar-refractivity contribution >= 4 is 11.6 Å². The van der Waals surface area contributed by atoms with Gasteiger partial charge in [-0.15, -0.1) is 0 Å². The van der Waals surface area contributed by atoms with Crippen LogP contribution in [0.2, 0.25) is 5.28 Å². The minimum atomic E-state index is -0.134. The molecule has 0 aliphatic rings. The monoisotopic (exact) mass is 501 g/mol. The first-order chi connectivity index (χ1) is 16.0. The Morgan fingerprint density at radius 1 is 0.857 bits per heavy atom. The van der Waals surface area contributed by atoms with Crippen LogP contribution in [0.1, 0.15) is 97.0 Å². The summed E-state index contributed by atoms with van der Waals surface area (Å²) >= 11 is 6.24. The third-order valence-corrected chi connectivity index (χ3v) is 7.35. The standard InChI is InChI=1S/C28H46ClN6/c1-20-30-22(26(3,4)5)17-33(20)14-12-13-15-35-21(2)34(18-24(35)27(6,7)8)19-28(9,10)23-16-32(11)25(29)31-23/h16-18H,12-15,19H2,1-11H3/q+1. The summed E-state index contributed by atoms with van der Waals surface area (Å²) in [6.07, 6.45) is 8.87. The van der Waals surface area contributed by atoms with Crippen molar-refractivity contribution < 1.29 is 4.57 Å². The summed E-state index contributed by atoms with van der Waals surface area (Å²) in [5.74, 6) is 2.40. The zero-order valence-corrected chi connectivity index (χ0v) is 24.6. The lowest BCUT2D eigenvalue weighted by atomic mass is 9.89. The normalized spacial score (nSPS) is 13.1. The van der Waals surface area contributed by atoms with Crippen LogP contribution < -0.4 is 4.57 Å². The molecule has 7 heteroatoms. The van der Waals surface area contributed by atoms with Crippen LogP contribution in [-0.2, 0) is 42.9 Å². The number of aromatic nitrogens is 6. The molecule has 0 radical (unpaired) electrons. The van der Waals surface area contributed by atoms with E-state index in [1.54, 1.807) is 0 Å². The highest BCUT2D eigenvalue weighted by atomic mass is 35.5. The maximum Gasteiger partial charge on any atom is 0.253 e. The summed E-state index contributed by atoms with van der Waals surface area (Å²) in [5.41, 5.74) is 3.58. The Morgan fingerprint density at radius 3 is 2.00 bits per heavy atom. The molecule has 0 bridgehead atoms. The Kier molecular flexibility index (Phi) is 7.67. The third-order valence-electron chi connectivity index (χ3n) is 7.00. The van der Waals surface area contributed by atoms with Crippen LogP contribution >= 0.6 is 11.6 Å². The van der Waals surface area contributed by atoms with Gasteiger partial charge in [0.05, 0.1) is 17.9 Å². The van der Waals surface area contributed by atoms with Crippen molar-refractivity contribution in [2.75, 3.05) is 0 Å². The molecule has 0 N–H and O–H groups in total. The Labute approximate surface area is 217 Å². The van der Waals surface area contributed by atoms with E-state index in [1.165, 1.54) is 17.2 Å². The SMILES string of the molecule is Cc1nc(C(C)(C)C)cn1CCCCn1c(C(C)(C)C)c[n+](CC(C)(C)c2cn(C)c(Cl)n2)c1C. The fourth-order valence-electron chi connectivity index (χ4n) is 4.61. The van der Waals surface area contributed by atoms with Crippen LogP contribution in [0.4, 0.5) is 0 Å². The van der Waals surface area contributed by atoms with Crippen molar-refractivity contribution in [3.63, 3.8) is 0 Å². The molecule has 0 unspecified atom stereocenters. The Hall–Kier alpha value is -2.08. The van der Waals surface area contributed by atoms with Gasteiger partial charge in [0, 0.05) is 49.2 Å². The van der Waals surface area contributed by atoms with E-state index in [1.807, 2.05) is 17.8 Å². The average molecular weight is 502 g/mol. The van der Waals surface area contributed by atoms with Crippen LogP contribution in [0.25, 0.3) is 0 Å². The molecule has 0 atom stereocenters. The quantitative estimate of drug-likeness (QED) is 0.279. The van der Waals surface area contributed by atoms with Gasteiger partial charge in [-0.1, -0.05) is 55.4 Å². The first-order valence-electron chi connectivity index (χ1n) is 12.8. The van der Waals surface area contributed by atoms with E-state index in [9.17, 15) is 0 Å². The van der Waals surface area contributed by atoms with Gasteiger partial charge in [-0.25, -0.2) is 19.1 Å². The number of imidazole rings is 3. The molecule has 0 saturated heterocycles. The van der Waals surface area contributed by atoms with Crippen LogP contribution in [-0.4, -0.2) is 23.7 Å². The fourth-order valence-corrected chi connectivity index (χ4v) is 4.75. The highest BCUT2D eigenvalue weighted by molar-refractivity contribution is 6.28. The van der Waals surface area contributed by atoms with E-state index in [-0.39, 0.29) is 16.2 Å². The van der Waals surface area contributed by atoms with Gasteiger partial charge in [0.2, 0.25) is 5.28 Å². The van der Waals surface area contributed by atoms with Gasteiger partial charge in [-0.05, 0) is 31.4 Å². The molecular weight excluding hydrogens is 456 g/mol. The number of unbranched alkanes of at least 4 members (excludes halogenated alkanes) is 1. The first-order valence-corrected chi connectivity index (χ1v) is 13.2. The molecule has 0 aliphatic heterocycles. The van der Waals surface area contributed by atoms with Crippen molar-refractivity contribution in [2.24, 2.45) is 7.05 Å². The largest absolute Gasteiger partial charge is 0.335 e. The number of halogens is 1. The molecule has 0 saturated carbocycles. The number of nitrogens with zero attached hydrogens (tertiary/aromatic N) is 6.